The van der Waals surface area contributed by atoms with Crippen LogP contribution in [0, 0.1) is 6.92 Å². The van der Waals surface area contributed by atoms with Crippen LogP contribution in [0.15, 0.2) is 60.8 Å². The Kier molecular flexibility index (Phi) is 9.67. The van der Waals surface area contributed by atoms with Crippen LogP contribution in [0.4, 0.5) is 30.5 Å². The first-order chi connectivity index (χ1) is 21.6. The van der Waals surface area contributed by atoms with Gasteiger partial charge in [0.15, 0.2) is 0 Å². The predicted octanol–water partition coefficient (Wildman–Crippen LogP) is 7.15. The van der Waals surface area contributed by atoms with Crippen molar-refractivity contribution in [3.63, 3.8) is 0 Å². The van der Waals surface area contributed by atoms with Crippen LogP contribution in [0.25, 0.3) is 22.0 Å². The van der Waals surface area contributed by atoms with Gasteiger partial charge in [-0.25, -0.2) is 9.97 Å². The molecule has 1 fully saturated rings. The van der Waals surface area contributed by atoms with Crippen molar-refractivity contribution >= 4 is 40.0 Å². The van der Waals surface area contributed by atoms with Gasteiger partial charge in [0.2, 0.25) is 11.9 Å². The lowest BCUT2D eigenvalue weighted by Crippen LogP contribution is -2.27. The second-order valence-corrected chi connectivity index (χ2v) is 11.1. The van der Waals surface area contributed by atoms with E-state index in [-0.39, 0.29) is 30.2 Å². The number of carbonyl (C=O) groups is 2. The van der Waals surface area contributed by atoms with Crippen LogP contribution in [0.3, 0.4) is 0 Å². The van der Waals surface area contributed by atoms with Gasteiger partial charge < -0.3 is 20.4 Å². The number of hydrogen-bond donors (Lipinski definition) is 2. The molecule has 5 rings (SSSR count). The van der Waals surface area contributed by atoms with Crippen LogP contribution in [-0.4, -0.2) is 59.4 Å². The average Bonchev–Trinajstić information content (AvgIpc) is 3.46. The molecule has 3 aromatic carbocycles. The Morgan fingerprint density at radius 1 is 1.04 bits per heavy atom. The van der Waals surface area contributed by atoms with E-state index in [4.69, 9.17) is 0 Å². The molecular formula is C34H37F3N6O2. The zero-order valence-electron chi connectivity index (χ0n) is 25.7. The van der Waals surface area contributed by atoms with Gasteiger partial charge in [-0.05, 0) is 98.6 Å². The molecule has 0 bridgehead atoms. The molecule has 11 heteroatoms. The number of nitrogens with one attached hydrogen (secondary N) is 2. The second-order valence-electron chi connectivity index (χ2n) is 11.1. The summed E-state index contributed by atoms with van der Waals surface area (Å²) in [6, 6.07) is 14.5. The number of fused-ring (bicyclic) bond motifs is 1. The van der Waals surface area contributed by atoms with Crippen LogP contribution in [-0.2, 0) is 11.0 Å². The molecule has 1 aliphatic rings. The summed E-state index contributed by atoms with van der Waals surface area (Å²) in [5.74, 6) is -0.322. The summed E-state index contributed by atoms with van der Waals surface area (Å²) < 4.78 is 41.8. The van der Waals surface area contributed by atoms with Gasteiger partial charge >= 0.3 is 6.18 Å². The first-order valence-electron chi connectivity index (χ1n) is 15.2. The maximum Gasteiger partial charge on any atom is 0.418 e. The number of alkyl halides is 3. The van der Waals surface area contributed by atoms with E-state index in [0.29, 0.717) is 17.9 Å². The van der Waals surface area contributed by atoms with Crippen molar-refractivity contribution in [3.8, 4) is 11.1 Å². The van der Waals surface area contributed by atoms with Gasteiger partial charge in [0.05, 0.1) is 16.8 Å². The van der Waals surface area contributed by atoms with Gasteiger partial charge in [-0.15, -0.1) is 0 Å². The summed E-state index contributed by atoms with van der Waals surface area (Å²) >= 11 is 0. The van der Waals surface area contributed by atoms with Gasteiger partial charge in [-0.1, -0.05) is 26.0 Å². The number of anilines is 3. The molecule has 2 heterocycles. The van der Waals surface area contributed by atoms with Crippen molar-refractivity contribution in [3.05, 3.63) is 77.5 Å². The van der Waals surface area contributed by atoms with Gasteiger partial charge in [0, 0.05) is 42.3 Å². The summed E-state index contributed by atoms with van der Waals surface area (Å²) in [7, 11) is 0. The molecule has 1 aliphatic heterocycles. The SMILES string of the molecule is CCN(CC)CCCNc1ncc2cc(-c3cc(C(=O)Nc4ccc(N5CCCC5=O)c(C(F)(F)F)c4)ccc3C)ccc2n1. The van der Waals surface area contributed by atoms with Crippen molar-refractivity contribution < 1.29 is 22.8 Å². The Bertz CT molecular complexity index is 1700. The van der Waals surface area contributed by atoms with Gasteiger partial charge in [0.1, 0.15) is 0 Å². The minimum atomic E-state index is -4.70. The molecule has 0 saturated carbocycles. The maximum absolute atomic E-state index is 13.9. The van der Waals surface area contributed by atoms with E-state index in [0.717, 1.165) is 71.2 Å². The number of rotatable bonds is 11. The van der Waals surface area contributed by atoms with Crippen LogP contribution in [0.1, 0.15) is 54.6 Å². The normalized spacial score (nSPS) is 13.6. The van der Waals surface area contributed by atoms with Gasteiger partial charge in [0.25, 0.3) is 5.91 Å². The molecule has 0 aliphatic carbocycles. The van der Waals surface area contributed by atoms with Crippen LogP contribution in [0.2, 0.25) is 0 Å². The Labute approximate surface area is 260 Å². The summed E-state index contributed by atoms with van der Waals surface area (Å²) in [5.41, 5.74) is 2.51. The van der Waals surface area contributed by atoms with E-state index >= 15 is 0 Å². The third kappa shape index (κ3) is 7.42. The summed E-state index contributed by atoms with van der Waals surface area (Å²) in [5, 5.41) is 6.73. The maximum atomic E-state index is 13.9. The molecule has 0 spiro atoms. The average molecular weight is 619 g/mol. The van der Waals surface area contributed by atoms with Gasteiger partial charge in [-0.3, -0.25) is 9.59 Å². The van der Waals surface area contributed by atoms with E-state index in [1.165, 1.54) is 12.1 Å². The van der Waals surface area contributed by atoms with Crippen LogP contribution in [0.5, 0.6) is 0 Å². The van der Waals surface area contributed by atoms with Crippen LogP contribution >= 0.6 is 0 Å². The molecule has 236 valence electrons. The molecule has 8 nitrogen and oxygen atoms in total. The van der Waals surface area contributed by atoms with Gasteiger partial charge in [-0.2, -0.15) is 13.2 Å². The second kappa shape index (κ2) is 13.6. The number of amides is 2. The predicted molar refractivity (Wildman–Crippen MR) is 172 cm³/mol. The molecule has 1 saturated heterocycles. The highest BCUT2D eigenvalue weighted by molar-refractivity contribution is 6.05. The quantitative estimate of drug-likeness (QED) is 0.174. The summed E-state index contributed by atoms with van der Waals surface area (Å²) in [6.07, 6.45) is -1.23. The van der Waals surface area contributed by atoms with E-state index < -0.39 is 17.6 Å². The number of hydrogen-bond acceptors (Lipinski definition) is 6. The largest absolute Gasteiger partial charge is 0.418 e. The van der Waals surface area contributed by atoms with Crippen molar-refractivity contribution in [1.29, 1.82) is 0 Å². The molecule has 2 amide bonds. The zero-order valence-corrected chi connectivity index (χ0v) is 25.7. The van der Waals surface area contributed by atoms with Crippen molar-refractivity contribution in [2.45, 2.75) is 46.2 Å². The number of aromatic nitrogens is 2. The summed E-state index contributed by atoms with van der Waals surface area (Å²) in [6.45, 7) is 10.3. The number of aryl methyl sites for hydroxylation is 1. The number of benzene rings is 3. The molecule has 0 unspecified atom stereocenters. The Balaban J connectivity index is 1.32. The number of nitrogens with zero attached hydrogens (tertiary/aromatic N) is 4. The van der Waals surface area contributed by atoms with Crippen LogP contribution < -0.4 is 15.5 Å². The fourth-order valence-corrected chi connectivity index (χ4v) is 5.59. The van der Waals surface area contributed by atoms with E-state index in [1.807, 2.05) is 25.1 Å². The highest BCUT2D eigenvalue weighted by atomic mass is 19.4. The fourth-order valence-electron chi connectivity index (χ4n) is 5.59. The smallest absolute Gasteiger partial charge is 0.354 e. The van der Waals surface area contributed by atoms with E-state index in [2.05, 4.69) is 39.3 Å². The molecular weight excluding hydrogens is 581 g/mol. The first-order valence-corrected chi connectivity index (χ1v) is 15.2. The third-order valence-electron chi connectivity index (χ3n) is 8.14. The van der Waals surface area contributed by atoms with E-state index in [9.17, 15) is 22.8 Å². The molecule has 45 heavy (non-hydrogen) atoms. The van der Waals surface area contributed by atoms with Crippen molar-refractivity contribution in [2.24, 2.45) is 0 Å². The zero-order chi connectivity index (χ0) is 32.1. The minimum absolute atomic E-state index is 0.00910. The lowest BCUT2D eigenvalue weighted by molar-refractivity contribution is -0.137. The fraction of sp³-hybridized carbons (Fsp3) is 0.353. The molecule has 0 radical (unpaired) electrons. The monoisotopic (exact) mass is 618 g/mol. The lowest BCUT2D eigenvalue weighted by Gasteiger charge is -2.22. The number of halogens is 3. The van der Waals surface area contributed by atoms with Crippen molar-refractivity contribution in [2.75, 3.05) is 48.3 Å². The molecule has 2 N–H and O–H groups in total. The number of carbonyl (C=O) groups excluding carboxylic acids is 2. The standard InChI is InChI=1S/C34H37F3N6O2/c1-4-42(5-2)16-7-15-38-33-39-21-25-18-23(11-13-29(25)41-33)27-19-24(10-9-22(27)3)32(45)40-26-12-14-30(28(20-26)34(35,36)37)43-17-6-8-31(43)44/h9-14,18-21H,4-8,15-17H2,1-3H3,(H,40,45)(H,38,39,41). The summed E-state index contributed by atoms with van der Waals surface area (Å²) in [4.78, 5) is 38.0. The highest BCUT2D eigenvalue weighted by Gasteiger charge is 2.37. The van der Waals surface area contributed by atoms with Crippen molar-refractivity contribution in [1.82, 2.24) is 14.9 Å². The first kappa shape index (κ1) is 31.9. The minimum Gasteiger partial charge on any atom is -0.354 e. The molecule has 0 atom stereocenters. The Morgan fingerprint density at radius 2 is 1.84 bits per heavy atom. The molecule has 4 aromatic rings. The Hall–Kier alpha value is -4.51. The van der Waals surface area contributed by atoms with E-state index in [1.54, 1.807) is 24.4 Å². The third-order valence-corrected chi connectivity index (χ3v) is 8.14. The molecule has 1 aromatic heterocycles. The highest BCUT2D eigenvalue weighted by Crippen LogP contribution is 2.40. The Morgan fingerprint density at radius 3 is 2.56 bits per heavy atom. The lowest BCUT2D eigenvalue weighted by atomic mass is 9.97. The topological polar surface area (TPSA) is 90.5 Å².